The Balaban J connectivity index is 1.54. The minimum atomic E-state index is -0.239. The van der Waals surface area contributed by atoms with Gasteiger partial charge in [0.2, 0.25) is 5.91 Å². The molecule has 1 heterocycles. The molecule has 4 rings (SSSR count). The Morgan fingerprint density at radius 3 is 2.88 bits per heavy atom. The van der Waals surface area contributed by atoms with Gasteiger partial charge in [0.15, 0.2) is 0 Å². The van der Waals surface area contributed by atoms with E-state index in [2.05, 4.69) is 22.5 Å². The molecule has 1 aromatic heterocycles. The van der Waals surface area contributed by atoms with Crippen LogP contribution in [0.3, 0.4) is 0 Å². The monoisotopic (exact) mass is 333 g/mol. The fourth-order valence-corrected chi connectivity index (χ4v) is 3.52. The Morgan fingerprint density at radius 1 is 1.16 bits per heavy atom. The molecule has 2 aromatic carbocycles. The molecule has 0 aliphatic heterocycles. The van der Waals surface area contributed by atoms with Gasteiger partial charge in [-0.3, -0.25) is 9.59 Å². The number of hydrogen-bond donors (Lipinski definition) is 1. The summed E-state index contributed by atoms with van der Waals surface area (Å²) in [5.41, 5.74) is 2.23. The summed E-state index contributed by atoms with van der Waals surface area (Å²) >= 11 is 0. The van der Waals surface area contributed by atoms with Crippen molar-refractivity contribution < 1.29 is 4.79 Å². The lowest BCUT2D eigenvalue weighted by molar-refractivity contribution is -0.122. The fourth-order valence-electron chi connectivity index (χ4n) is 3.52. The zero-order valence-electron chi connectivity index (χ0n) is 13.8. The third-order valence-corrected chi connectivity index (χ3v) is 4.76. The maximum absolute atomic E-state index is 12.5. The normalized spacial score (nSPS) is 16.4. The highest BCUT2D eigenvalue weighted by Crippen LogP contribution is 2.29. The van der Waals surface area contributed by atoms with Crippen molar-refractivity contribution in [2.45, 2.75) is 31.8 Å². The van der Waals surface area contributed by atoms with E-state index in [-0.39, 0.29) is 24.1 Å². The molecule has 1 aliphatic rings. The van der Waals surface area contributed by atoms with E-state index >= 15 is 0 Å². The van der Waals surface area contributed by atoms with Crippen molar-refractivity contribution in [2.75, 3.05) is 0 Å². The lowest BCUT2D eigenvalue weighted by Crippen LogP contribution is -2.36. The van der Waals surface area contributed by atoms with Gasteiger partial charge >= 0.3 is 0 Å². The van der Waals surface area contributed by atoms with Crippen molar-refractivity contribution in [1.82, 2.24) is 15.1 Å². The Morgan fingerprint density at radius 2 is 1.96 bits per heavy atom. The summed E-state index contributed by atoms with van der Waals surface area (Å²) in [6.45, 7) is -0.0671. The molecule has 5 nitrogen and oxygen atoms in total. The van der Waals surface area contributed by atoms with E-state index in [1.54, 1.807) is 12.3 Å². The standard InChI is InChI=1S/C20H19N3O2/c24-19(22-18-11-5-8-14-6-1-3-9-16(14)18)13-23-20(25)17-10-4-2-7-15(17)12-21-23/h1-4,6-7,9-10,12,18H,5,8,11,13H2,(H,22,24)/t18-/m1/s1. The van der Waals surface area contributed by atoms with Gasteiger partial charge in [-0.2, -0.15) is 5.10 Å². The molecule has 0 saturated carbocycles. The smallest absolute Gasteiger partial charge is 0.275 e. The summed E-state index contributed by atoms with van der Waals surface area (Å²) in [5.74, 6) is -0.188. The quantitative estimate of drug-likeness (QED) is 0.801. The summed E-state index contributed by atoms with van der Waals surface area (Å²) in [6, 6.07) is 15.5. The fraction of sp³-hybridized carbons (Fsp3) is 0.250. The van der Waals surface area contributed by atoms with Gasteiger partial charge in [-0.15, -0.1) is 0 Å². The lowest BCUT2D eigenvalue weighted by atomic mass is 9.88. The summed E-state index contributed by atoms with van der Waals surface area (Å²) in [4.78, 5) is 24.9. The van der Waals surface area contributed by atoms with Crippen LogP contribution in [0.1, 0.15) is 30.0 Å². The summed E-state index contributed by atoms with van der Waals surface area (Å²) in [7, 11) is 0. The Labute approximate surface area is 145 Å². The van der Waals surface area contributed by atoms with Crippen LogP contribution >= 0.6 is 0 Å². The minimum absolute atomic E-state index is 0.00797. The molecular weight excluding hydrogens is 314 g/mol. The van der Waals surface area contributed by atoms with E-state index in [4.69, 9.17) is 0 Å². The van der Waals surface area contributed by atoms with Crippen LogP contribution in [0, 0.1) is 0 Å². The molecule has 25 heavy (non-hydrogen) atoms. The number of aromatic nitrogens is 2. The second-order valence-corrected chi connectivity index (χ2v) is 6.41. The van der Waals surface area contributed by atoms with E-state index in [9.17, 15) is 9.59 Å². The van der Waals surface area contributed by atoms with Crippen LogP contribution in [0.15, 0.2) is 59.5 Å². The van der Waals surface area contributed by atoms with Crippen molar-refractivity contribution in [3.05, 3.63) is 76.2 Å². The number of benzene rings is 2. The number of nitrogens with zero attached hydrogens (tertiary/aromatic N) is 2. The third-order valence-electron chi connectivity index (χ3n) is 4.76. The first-order valence-electron chi connectivity index (χ1n) is 8.54. The molecule has 5 heteroatoms. The summed E-state index contributed by atoms with van der Waals surface area (Å²) in [5, 5.41) is 8.55. The van der Waals surface area contributed by atoms with E-state index in [1.807, 2.05) is 30.3 Å². The van der Waals surface area contributed by atoms with E-state index in [0.29, 0.717) is 5.39 Å². The molecule has 0 radical (unpaired) electrons. The number of aryl methyl sites for hydroxylation is 1. The number of amides is 1. The van der Waals surface area contributed by atoms with Crippen molar-refractivity contribution in [2.24, 2.45) is 0 Å². The molecule has 0 spiro atoms. The van der Waals surface area contributed by atoms with E-state index in [0.717, 1.165) is 24.6 Å². The molecule has 0 bridgehead atoms. The first-order chi connectivity index (χ1) is 12.2. The zero-order valence-corrected chi connectivity index (χ0v) is 13.8. The average Bonchev–Trinajstić information content (AvgIpc) is 2.65. The van der Waals surface area contributed by atoms with Gasteiger partial charge in [-0.05, 0) is 36.5 Å². The van der Waals surface area contributed by atoms with Gasteiger partial charge in [-0.1, -0.05) is 42.5 Å². The second-order valence-electron chi connectivity index (χ2n) is 6.41. The van der Waals surface area contributed by atoms with Crippen LogP contribution in [0.2, 0.25) is 0 Å². The van der Waals surface area contributed by atoms with Crippen LogP contribution in [0.4, 0.5) is 0 Å². The van der Waals surface area contributed by atoms with Gasteiger partial charge < -0.3 is 5.32 Å². The molecular formula is C20H19N3O2. The number of fused-ring (bicyclic) bond motifs is 2. The van der Waals surface area contributed by atoms with Gasteiger partial charge in [-0.25, -0.2) is 4.68 Å². The predicted octanol–water partition coefficient (Wildman–Crippen LogP) is 2.59. The van der Waals surface area contributed by atoms with Crippen LogP contribution < -0.4 is 10.9 Å². The van der Waals surface area contributed by atoms with Gasteiger partial charge in [0.1, 0.15) is 6.54 Å². The van der Waals surface area contributed by atoms with E-state index in [1.165, 1.54) is 15.8 Å². The number of hydrogen-bond acceptors (Lipinski definition) is 3. The lowest BCUT2D eigenvalue weighted by Gasteiger charge is -2.26. The minimum Gasteiger partial charge on any atom is -0.348 e. The molecule has 0 saturated heterocycles. The Kier molecular flexibility index (Phi) is 4.06. The first-order valence-corrected chi connectivity index (χ1v) is 8.54. The molecule has 3 aromatic rings. The molecule has 0 fully saturated rings. The highest BCUT2D eigenvalue weighted by atomic mass is 16.2. The molecule has 126 valence electrons. The Bertz CT molecular complexity index is 993. The first kappa shape index (κ1) is 15.6. The number of carbonyl (C=O) groups excluding carboxylic acids is 1. The molecule has 1 atom stereocenters. The molecule has 1 aliphatic carbocycles. The number of rotatable bonds is 3. The maximum atomic E-state index is 12.5. The highest BCUT2D eigenvalue weighted by molar-refractivity contribution is 5.81. The molecule has 1 amide bonds. The number of carbonyl (C=O) groups is 1. The van der Waals surface area contributed by atoms with Crippen LogP contribution in [0.5, 0.6) is 0 Å². The zero-order chi connectivity index (χ0) is 17.2. The van der Waals surface area contributed by atoms with Crippen molar-refractivity contribution in [1.29, 1.82) is 0 Å². The largest absolute Gasteiger partial charge is 0.348 e. The topological polar surface area (TPSA) is 64.0 Å². The van der Waals surface area contributed by atoms with Crippen molar-refractivity contribution in [3.63, 3.8) is 0 Å². The van der Waals surface area contributed by atoms with Crippen LogP contribution in [0.25, 0.3) is 10.8 Å². The summed E-state index contributed by atoms with van der Waals surface area (Å²) < 4.78 is 1.23. The van der Waals surface area contributed by atoms with Crippen molar-refractivity contribution >= 4 is 16.7 Å². The number of nitrogens with one attached hydrogen (secondary N) is 1. The maximum Gasteiger partial charge on any atom is 0.275 e. The summed E-state index contributed by atoms with van der Waals surface area (Å²) in [6.07, 6.45) is 4.65. The van der Waals surface area contributed by atoms with Crippen LogP contribution in [-0.2, 0) is 17.8 Å². The Hall–Kier alpha value is -2.95. The van der Waals surface area contributed by atoms with Gasteiger partial charge in [0.25, 0.3) is 5.56 Å². The second kappa shape index (κ2) is 6.51. The van der Waals surface area contributed by atoms with Gasteiger partial charge in [0.05, 0.1) is 17.6 Å². The molecule has 1 N–H and O–H groups in total. The molecule has 0 unspecified atom stereocenters. The van der Waals surface area contributed by atoms with E-state index < -0.39 is 0 Å². The SMILES string of the molecule is O=C(Cn1ncc2ccccc2c1=O)N[C@@H]1CCCc2ccccc21. The average molecular weight is 333 g/mol. The van der Waals surface area contributed by atoms with Crippen molar-refractivity contribution in [3.8, 4) is 0 Å². The van der Waals surface area contributed by atoms with Crippen LogP contribution in [-0.4, -0.2) is 15.7 Å². The third kappa shape index (κ3) is 3.05. The van der Waals surface area contributed by atoms with Gasteiger partial charge in [0, 0.05) is 5.39 Å². The predicted molar refractivity (Wildman–Crippen MR) is 96.3 cm³/mol. The highest BCUT2D eigenvalue weighted by Gasteiger charge is 2.21.